The zero-order chi connectivity index (χ0) is 13.3. The molecule has 0 aromatic heterocycles. The molecule has 0 aromatic rings. The highest BCUT2D eigenvalue weighted by molar-refractivity contribution is 7.80. The minimum Gasteiger partial charge on any atom is -0.378 e. The van der Waals surface area contributed by atoms with E-state index in [-0.39, 0.29) is 0 Å². The van der Waals surface area contributed by atoms with Crippen molar-refractivity contribution in [2.24, 2.45) is 0 Å². The molecule has 2 aliphatic rings. The number of ether oxygens (including phenoxy) is 1. The summed E-state index contributed by atoms with van der Waals surface area (Å²) < 4.78 is 5.75. The summed E-state index contributed by atoms with van der Waals surface area (Å²) in [5, 5.41) is 7.03. The van der Waals surface area contributed by atoms with Gasteiger partial charge in [0.15, 0.2) is 5.11 Å². The molecule has 0 bridgehead atoms. The fourth-order valence-electron chi connectivity index (χ4n) is 2.71. The second kappa shape index (κ2) is 8.54. The molecule has 1 unspecified atom stereocenters. The number of hydrogen-bond acceptors (Lipinski definition) is 2. The predicted molar refractivity (Wildman–Crippen MR) is 83.1 cm³/mol. The summed E-state index contributed by atoms with van der Waals surface area (Å²) in [6.45, 7) is 1.86. The van der Waals surface area contributed by atoms with E-state index in [1.807, 2.05) is 0 Å². The molecule has 19 heavy (non-hydrogen) atoms. The first-order valence-corrected chi connectivity index (χ1v) is 8.11. The Morgan fingerprint density at radius 1 is 1.21 bits per heavy atom. The Labute approximate surface area is 122 Å². The summed E-state index contributed by atoms with van der Waals surface area (Å²) >= 11 is 5.02. The second-order valence-electron chi connectivity index (χ2n) is 5.52. The first-order chi connectivity index (χ1) is 9.34. The van der Waals surface area contributed by atoms with Crippen molar-refractivity contribution in [3.63, 3.8) is 0 Å². The number of hydrogen-bond donors (Lipinski definition) is 2. The van der Waals surface area contributed by atoms with E-state index in [1.165, 1.54) is 57.1 Å². The van der Waals surface area contributed by atoms with Crippen LogP contribution in [0.3, 0.4) is 0 Å². The Balaban J connectivity index is 1.43. The predicted octanol–water partition coefficient (Wildman–Crippen LogP) is 3.26. The maximum absolute atomic E-state index is 5.75. The van der Waals surface area contributed by atoms with Crippen molar-refractivity contribution in [3.8, 4) is 0 Å². The smallest absolute Gasteiger partial charge is 0.170 e. The van der Waals surface area contributed by atoms with Crippen LogP contribution in [0.5, 0.6) is 0 Å². The van der Waals surface area contributed by atoms with Crippen LogP contribution in [0, 0.1) is 0 Å². The molecular formula is C15H26N2OS. The third-order valence-corrected chi connectivity index (χ3v) is 4.10. The zero-order valence-corrected chi connectivity index (χ0v) is 12.6. The third-order valence-electron chi connectivity index (χ3n) is 3.86. The second-order valence-corrected chi connectivity index (χ2v) is 5.93. The van der Waals surface area contributed by atoms with Crippen molar-refractivity contribution in [3.05, 3.63) is 11.8 Å². The molecular weight excluding hydrogens is 256 g/mol. The van der Waals surface area contributed by atoms with Gasteiger partial charge in [0.2, 0.25) is 0 Å². The molecule has 4 heteroatoms. The maximum Gasteiger partial charge on any atom is 0.170 e. The van der Waals surface area contributed by atoms with Crippen LogP contribution in [0.4, 0.5) is 0 Å². The van der Waals surface area contributed by atoms with Crippen molar-refractivity contribution in [1.82, 2.24) is 10.6 Å². The number of rotatable bonds is 7. The lowest BCUT2D eigenvalue weighted by Crippen LogP contribution is -2.19. The van der Waals surface area contributed by atoms with E-state index >= 15 is 0 Å². The Morgan fingerprint density at radius 3 is 2.84 bits per heavy atom. The largest absolute Gasteiger partial charge is 0.378 e. The van der Waals surface area contributed by atoms with Crippen molar-refractivity contribution >= 4 is 17.3 Å². The quantitative estimate of drug-likeness (QED) is 0.555. The van der Waals surface area contributed by atoms with E-state index in [1.54, 1.807) is 0 Å². The SMILES string of the molecule is S=C1NC/C(=C/CCCCCCC2CCCCO2)N1. The van der Waals surface area contributed by atoms with Crippen molar-refractivity contribution < 1.29 is 4.74 Å². The molecule has 108 valence electrons. The number of thiocarbonyl (C=S) groups is 1. The Kier molecular flexibility index (Phi) is 6.65. The molecule has 0 amide bonds. The summed E-state index contributed by atoms with van der Waals surface area (Å²) in [5.41, 5.74) is 1.24. The van der Waals surface area contributed by atoms with Gasteiger partial charge in [-0.15, -0.1) is 0 Å². The lowest BCUT2D eigenvalue weighted by molar-refractivity contribution is 0.00978. The molecule has 0 aliphatic carbocycles. The molecule has 2 rings (SSSR count). The summed E-state index contributed by atoms with van der Waals surface area (Å²) in [5.74, 6) is 0. The van der Waals surface area contributed by atoms with Gasteiger partial charge in [-0.1, -0.05) is 25.3 Å². The highest BCUT2D eigenvalue weighted by atomic mass is 32.1. The van der Waals surface area contributed by atoms with Crippen LogP contribution >= 0.6 is 12.2 Å². The molecule has 0 radical (unpaired) electrons. The fraction of sp³-hybridized carbons (Fsp3) is 0.800. The van der Waals surface area contributed by atoms with Gasteiger partial charge in [-0.2, -0.15) is 0 Å². The molecule has 2 N–H and O–H groups in total. The van der Waals surface area contributed by atoms with Crippen LogP contribution in [0.25, 0.3) is 0 Å². The molecule has 2 saturated heterocycles. The van der Waals surface area contributed by atoms with Crippen LogP contribution < -0.4 is 10.6 Å². The van der Waals surface area contributed by atoms with E-state index in [9.17, 15) is 0 Å². The molecule has 0 aromatic carbocycles. The fourth-order valence-corrected chi connectivity index (χ4v) is 2.92. The van der Waals surface area contributed by atoms with Gasteiger partial charge in [-0.05, 0) is 50.7 Å². The summed E-state index contributed by atoms with van der Waals surface area (Å²) in [6, 6.07) is 0. The molecule has 2 heterocycles. The summed E-state index contributed by atoms with van der Waals surface area (Å²) in [6.07, 6.45) is 14.4. The number of allylic oxidation sites excluding steroid dienone is 1. The van der Waals surface area contributed by atoms with Gasteiger partial charge in [0.1, 0.15) is 0 Å². The lowest BCUT2D eigenvalue weighted by atomic mass is 10.0. The van der Waals surface area contributed by atoms with Crippen LogP contribution in [-0.2, 0) is 4.74 Å². The van der Waals surface area contributed by atoms with Gasteiger partial charge in [0, 0.05) is 12.3 Å². The Morgan fingerprint density at radius 2 is 2.11 bits per heavy atom. The highest BCUT2D eigenvalue weighted by Gasteiger charge is 2.12. The highest BCUT2D eigenvalue weighted by Crippen LogP contribution is 2.18. The minimum absolute atomic E-state index is 0.561. The topological polar surface area (TPSA) is 33.3 Å². The number of nitrogens with one attached hydrogen (secondary N) is 2. The minimum atomic E-state index is 0.561. The molecule has 1 atom stereocenters. The molecule has 0 saturated carbocycles. The summed E-state index contributed by atoms with van der Waals surface area (Å²) in [7, 11) is 0. The third kappa shape index (κ3) is 5.91. The van der Waals surface area contributed by atoms with Gasteiger partial charge in [-0.25, -0.2) is 0 Å². The van der Waals surface area contributed by atoms with E-state index in [2.05, 4.69) is 16.7 Å². The van der Waals surface area contributed by atoms with E-state index in [4.69, 9.17) is 17.0 Å². The van der Waals surface area contributed by atoms with Crippen molar-refractivity contribution in [2.45, 2.75) is 63.9 Å². The van der Waals surface area contributed by atoms with E-state index in [0.29, 0.717) is 6.10 Å². The van der Waals surface area contributed by atoms with Crippen LogP contribution in [0.1, 0.15) is 57.8 Å². The van der Waals surface area contributed by atoms with Gasteiger partial charge >= 0.3 is 0 Å². The Bertz CT molecular complexity index is 311. The average molecular weight is 282 g/mol. The standard InChI is InChI=1S/C15H26N2OS/c19-15-16-12-13(17-15)8-4-2-1-3-5-9-14-10-6-7-11-18-14/h8,14H,1-7,9-12H2,(H2,16,17,19)/b13-8-. The van der Waals surface area contributed by atoms with Crippen LogP contribution in [-0.4, -0.2) is 24.4 Å². The van der Waals surface area contributed by atoms with Crippen LogP contribution in [0.15, 0.2) is 11.8 Å². The molecule has 2 aliphatic heterocycles. The average Bonchev–Trinajstić information content (AvgIpc) is 2.85. The van der Waals surface area contributed by atoms with Crippen LogP contribution in [0.2, 0.25) is 0 Å². The molecule has 3 nitrogen and oxygen atoms in total. The van der Waals surface area contributed by atoms with Crippen molar-refractivity contribution in [2.75, 3.05) is 13.2 Å². The van der Waals surface area contributed by atoms with Gasteiger partial charge in [0.25, 0.3) is 0 Å². The monoisotopic (exact) mass is 282 g/mol. The van der Waals surface area contributed by atoms with Gasteiger partial charge < -0.3 is 15.4 Å². The molecule has 0 spiro atoms. The Hall–Kier alpha value is -0.610. The van der Waals surface area contributed by atoms with E-state index in [0.717, 1.165) is 24.7 Å². The normalized spacial score (nSPS) is 25.4. The van der Waals surface area contributed by atoms with E-state index < -0.39 is 0 Å². The van der Waals surface area contributed by atoms with Gasteiger partial charge in [-0.3, -0.25) is 0 Å². The number of unbranched alkanes of at least 4 members (excludes halogenated alkanes) is 4. The molecule has 2 fully saturated rings. The first kappa shape index (κ1) is 14.8. The summed E-state index contributed by atoms with van der Waals surface area (Å²) in [4.78, 5) is 0. The first-order valence-electron chi connectivity index (χ1n) is 7.70. The zero-order valence-electron chi connectivity index (χ0n) is 11.7. The van der Waals surface area contributed by atoms with Gasteiger partial charge in [0.05, 0.1) is 12.6 Å². The maximum atomic E-state index is 5.75. The van der Waals surface area contributed by atoms with Crippen molar-refractivity contribution in [1.29, 1.82) is 0 Å². The lowest BCUT2D eigenvalue weighted by Gasteiger charge is -2.22.